The van der Waals surface area contributed by atoms with Crippen molar-refractivity contribution in [2.45, 2.75) is 46.7 Å². The highest BCUT2D eigenvalue weighted by Crippen LogP contribution is 2.26. The molecule has 2 rings (SSSR count). The van der Waals surface area contributed by atoms with Gasteiger partial charge in [0.25, 0.3) is 0 Å². The van der Waals surface area contributed by atoms with Crippen molar-refractivity contribution in [2.24, 2.45) is 0 Å². The van der Waals surface area contributed by atoms with Crippen LogP contribution in [-0.4, -0.2) is 16.3 Å². The van der Waals surface area contributed by atoms with Gasteiger partial charge in [-0.25, -0.2) is 0 Å². The van der Waals surface area contributed by atoms with Crippen molar-refractivity contribution in [3.05, 3.63) is 52.8 Å². The van der Waals surface area contributed by atoms with Crippen LogP contribution in [0.5, 0.6) is 0 Å². The fourth-order valence-electron chi connectivity index (χ4n) is 2.64. The van der Waals surface area contributed by atoms with Crippen molar-refractivity contribution in [1.82, 2.24) is 15.1 Å². The van der Waals surface area contributed by atoms with E-state index in [1.54, 1.807) is 0 Å². The Kier molecular flexibility index (Phi) is 4.96. The molecule has 1 aromatic carbocycles. The lowest BCUT2D eigenvalue weighted by atomic mass is 9.96. The number of benzene rings is 1. The minimum Gasteiger partial charge on any atom is -0.305 e. The summed E-state index contributed by atoms with van der Waals surface area (Å²) in [5, 5.41) is 8.07. The molecular weight excluding hydrogens is 246 g/mol. The Morgan fingerprint density at radius 2 is 2.00 bits per heavy atom. The average Bonchev–Trinajstić information content (AvgIpc) is 2.88. The van der Waals surface area contributed by atoms with Crippen LogP contribution in [0.2, 0.25) is 0 Å². The number of hydrogen-bond acceptors (Lipinski definition) is 2. The van der Waals surface area contributed by atoms with Gasteiger partial charge in [-0.15, -0.1) is 0 Å². The lowest BCUT2D eigenvalue weighted by Crippen LogP contribution is -2.25. The molecule has 0 spiro atoms. The summed E-state index contributed by atoms with van der Waals surface area (Å²) >= 11 is 0. The number of aryl methyl sites for hydroxylation is 3. The van der Waals surface area contributed by atoms with Crippen LogP contribution in [0.4, 0.5) is 0 Å². The molecule has 0 saturated heterocycles. The second kappa shape index (κ2) is 6.71. The summed E-state index contributed by atoms with van der Waals surface area (Å²) in [6.45, 7) is 10.6. The predicted molar refractivity (Wildman–Crippen MR) is 84.0 cm³/mol. The summed E-state index contributed by atoms with van der Waals surface area (Å²) in [4.78, 5) is 0. The van der Waals surface area contributed by atoms with Crippen LogP contribution in [0.3, 0.4) is 0 Å². The van der Waals surface area contributed by atoms with Crippen LogP contribution in [-0.2, 0) is 6.54 Å². The van der Waals surface area contributed by atoms with Crippen LogP contribution < -0.4 is 5.32 Å². The minimum atomic E-state index is 0.217. The van der Waals surface area contributed by atoms with Gasteiger partial charge in [0.2, 0.25) is 0 Å². The van der Waals surface area contributed by atoms with E-state index in [4.69, 9.17) is 0 Å². The third kappa shape index (κ3) is 3.10. The minimum absolute atomic E-state index is 0.217. The van der Waals surface area contributed by atoms with Crippen LogP contribution >= 0.6 is 0 Å². The molecule has 1 aromatic heterocycles. The van der Waals surface area contributed by atoms with E-state index in [-0.39, 0.29) is 6.04 Å². The molecule has 0 bridgehead atoms. The molecule has 1 heterocycles. The molecule has 0 amide bonds. The first kappa shape index (κ1) is 14.8. The van der Waals surface area contributed by atoms with Crippen molar-refractivity contribution >= 4 is 0 Å². The van der Waals surface area contributed by atoms with Crippen molar-refractivity contribution in [3.8, 4) is 0 Å². The molecule has 0 fully saturated rings. The average molecular weight is 271 g/mol. The normalized spacial score (nSPS) is 12.6. The predicted octanol–water partition coefficient (Wildman–Crippen LogP) is 3.61. The third-order valence-corrected chi connectivity index (χ3v) is 3.63. The SMILES string of the molecule is CCCn1nccc1C(NCC)c1cc(C)ccc1C. The third-order valence-electron chi connectivity index (χ3n) is 3.63. The highest BCUT2D eigenvalue weighted by molar-refractivity contribution is 5.37. The number of aromatic nitrogens is 2. The Hall–Kier alpha value is -1.61. The molecule has 0 aliphatic carbocycles. The van der Waals surface area contributed by atoms with E-state index in [0.29, 0.717) is 0 Å². The van der Waals surface area contributed by atoms with Gasteiger partial charge in [-0.2, -0.15) is 5.10 Å². The highest BCUT2D eigenvalue weighted by Gasteiger charge is 2.19. The van der Waals surface area contributed by atoms with E-state index < -0.39 is 0 Å². The number of rotatable bonds is 6. The first-order valence-electron chi connectivity index (χ1n) is 7.49. The molecule has 0 aliphatic heterocycles. The Morgan fingerprint density at radius 3 is 2.70 bits per heavy atom. The molecule has 108 valence electrons. The van der Waals surface area contributed by atoms with Crippen molar-refractivity contribution in [3.63, 3.8) is 0 Å². The fourth-order valence-corrected chi connectivity index (χ4v) is 2.64. The monoisotopic (exact) mass is 271 g/mol. The maximum Gasteiger partial charge on any atom is 0.0750 e. The zero-order valence-electron chi connectivity index (χ0n) is 13.0. The highest BCUT2D eigenvalue weighted by atomic mass is 15.3. The van der Waals surface area contributed by atoms with Gasteiger partial charge >= 0.3 is 0 Å². The molecule has 1 N–H and O–H groups in total. The van der Waals surface area contributed by atoms with Gasteiger partial charge in [0.15, 0.2) is 0 Å². The van der Waals surface area contributed by atoms with E-state index in [1.807, 2.05) is 6.20 Å². The molecule has 0 aliphatic rings. The van der Waals surface area contributed by atoms with Crippen LogP contribution in [0.1, 0.15) is 48.7 Å². The topological polar surface area (TPSA) is 29.9 Å². The van der Waals surface area contributed by atoms with Crippen molar-refractivity contribution in [2.75, 3.05) is 6.54 Å². The lowest BCUT2D eigenvalue weighted by molar-refractivity contribution is 0.519. The van der Waals surface area contributed by atoms with E-state index in [2.05, 4.69) is 67.1 Å². The Morgan fingerprint density at radius 1 is 1.20 bits per heavy atom. The quantitative estimate of drug-likeness (QED) is 0.870. The maximum absolute atomic E-state index is 4.46. The summed E-state index contributed by atoms with van der Waals surface area (Å²) in [5.41, 5.74) is 5.23. The van der Waals surface area contributed by atoms with E-state index in [9.17, 15) is 0 Å². The van der Waals surface area contributed by atoms with Crippen molar-refractivity contribution in [1.29, 1.82) is 0 Å². The van der Waals surface area contributed by atoms with Crippen molar-refractivity contribution < 1.29 is 0 Å². The van der Waals surface area contributed by atoms with E-state index in [0.717, 1.165) is 19.5 Å². The molecule has 3 heteroatoms. The van der Waals surface area contributed by atoms with Crippen LogP contribution in [0.25, 0.3) is 0 Å². The Labute approximate surface area is 122 Å². The van der Waals surface area contributed by atoms with Crippen LogP contribution in [0.15, 0.2) is 30.5 Å². The zero-order valence-corrected chi connectivity index (χ0v) is 13.0. The van der Waals surface area contributed by atoms with Gasteiger partial charge in [0, 0.05) is 12.7 Å². The molecule has 1 atom stereocenters. The smallest absolute Gasteiger partial charge is 0.0750 e. The molecule has 20 heavy (non-hydrogen) atoms. The number of nitrogens with zero attached hydrogens (tertiary/aromatic N) is 2. The summed E-state index contributed by atoms with van der Waals surface area (Å²) in [6, 6.07) is 9.01. The summed E-state index contributed by atoms with van der Waals surface area (Å²) in [6.07, 6.45) is 3.00. The first-order valence-corrected chi connectivity index (χ1v) is 7.49. The summed E-state index contributed by atoms with van der Waals surface area (Å²) < 4.78 is 2.12. The second-order valence-corrected chi connectivity index (χ2v) is 5.33. The van der Waals surface area contributed by atoms with Crippen LogP contribution in [0, 0.1) is 13.8 Å². The second-order valence-electron chi connectivity index (χ2n) is 5.33. The van der Waals surface area contributed by atoms with Gasteiger partial charge < -0.3 is 5.32 Å². The van der Waals surface area contributed by atoms with Gasteiger partial charge in [-0.05, 0) is 44.0 Å². The van der Waals surface area contributed by atoms with E-state index >= 15 is 0 Å². The molecule has 0 radical (unpaired) electrons. The number of hydrogen-bond donors (Lipinski definition) is 1. The largest absolute Gasteiger partial charge is 0.305 e. The zero-order chi connectivity index (χ0) is 14.5. The van der Waals surface area contributed by atoms with Gasteiger partial charge in [0.05, 0.1) is 11.7 Å². The van der Waals surface area contributed by atoms with E-state index in [1.165, 1.54) is 22.4 Å². The maximum atomic E-state index is 4.46. The molecule has 1 unspecified atom stereocenters. The summed E-state index contributed by atoms with van der Waals surface area (Å²) in [7, 11) is 0. The number of nitrogens with one attached hydrogen (secondary N) is 1. The van der Waals surface area contributed by atoms with Gasteiger partial charge in [0.1, 0.15) is 0 Å². The molecular formula is C17H25N3. The summed E-state index contributed by atoms with van der Waals surface area (Å²) in [5.74, 6) is 0. The Balaban J connectivity index is 2.44. The fraction of sp³-hybridized carbons (Fsp3) is 0.471. The first-order chi connectivity index (χ1) is 9.67. The molecule has 3 nitrogen and oxygen atoms in total. The standard InChI is InChI=1S/C17H25N3/c1-5-11-20-16(9-10-19-20)17(18-6-2)15-12-13(3)7-8-14(15)4/h7-10,12,17-18H,5-6,11H2,1-4H3. The Bertz CT molecular complexity index is 557. The molecule has 0 saturated carbocycles. The lowest BCUT2D eigenvalue weighted by Gasteiger charge is -2.22. The molecule has 2 aromatic rings. The van der Waals surface area contributed by atoms with Gasteiger partial charge in [-0.1, -0.05) is 37.6 Å². The van der Waals surface area contributed by atoms with Gasteiger partial charge in [-0.3, -0.25) is 4.68 Å².